The second kappa shape index (κ2) is 6.34. The topological polar surface area (TPSA) is 55.2 Å². The molecule has 3 aromatic rings. The fraction of sp³-hybridized carbons (Fsp3) is 0.235. The molecule has 3 rings (SSSR count). The zero-order valence-electron chi connectivity index (χ0n) is 13.0. The second-order valence-corrected chi connectivity index (χ2v) is 6.47. The first-order chi connectivity index (χ1) is 11.1. The van der Waals surface area contributed by atoms with E-state index < -0.39 is 0 Å². The van der Waals surface area contributed by atoms with Gasteiger partial charge in [0.25, 0.3) is 5.56 Å². The van der Waals surface area contributed by atoms with Gasteiger partial charge in [0.1, 0.15) is 6.54 Å². The third kappa shape index (κ3) is 3.17. The van der Waals surface area contributed by atoms with Crippen molar-refractivity contribution in [2.45, 2.75) is 20.0 Å². The van der Waals surface area contributed by atoms with E-state index in [-0.39, 0.29) is 18.0 Å². The first-order valence-corrected chi connectivity index (χ1v) is 8.16. The van der Waals surface area contributed by atoms with Crippen LogP contribution in [0.15, 0.2) is 46.7 Å². The molecule has 1 aromatic carbocycles. The number of benzene rings is 1. The molecule has 2 heterocycles. The van der Waals surface area contributed by atoms with Crippen LogP contribution in [0.1, 0.15) is 10.4 Å². The van der Waals surface area contributed by atoms with Gasteiger partial charge in [-0.2, -0.15) is 5.10 Å². The smallest absolute Gasteiger partial charge is 0.275 e. The summed E-state index contributed by atoms with van der Waals surface area (Å²) in [5, 5.41) is 7.47. The summed E-state index contributed by atoms with van der Waals surface area (Å²) in [6.07, 6.45) is 1.62. The number of hydrogen-bond acceptors (Lipinski definition) is 4. The van der Waals surface area contributed by atoms with Gasteiger partial charge in [0.2, 0.25) is 5.91 Å². The van der Waals surface area contributed by atoms with E-state index in [4.69, 9.17) is 0 Å². The standard InChI is InChI=1S/C17H17N3O2S/c1-12-7-8-23-15(12)10-19(2)16(21)11-20-17(22)14-6-4-3-5-13(14)9-18-20/h3-9H,10-11H2,1-2H3. The Morgan fingerprint density at radius 2 is 2.09 bits per heavy atom. The van der Waals surface area contributed by atoms with Crippen molar-refractivity contribution >= 4 is 28.0 Å². The molecule has 0 aliphatic rings. The highest BCUT2D eigenvalue weighted by Crippen LogP contribution is 2.17. The monoisotopic (exact) mass is 327 g/mol. The molecular weight excluding hydrogens is 310 g/mol. The van der Waals surface area contributed by atoms with E-state index in [1.807, 2.05) is 36.6 Å². The fourth-order valence-corrected chi connectivity index (χ4v) is 3.32. The predicted octanol–water partition coefficient (Wildman–Crippen LogP) is 2.43. The van der Waals surface area contributed by atoms with Crippen LogP contribution in [-0.2, 0) is 17.9 Å². The highest BCUT2D eigenvalue weighted by molar-refractivity contribution is 7.10. The van der Waals surface area contributed by atoms with Crippen LogP contribution in [0.25, 0.3) is 10.8 Å². The lowest BCUT2D eigenvalue weighted by atomic mass is 10.2. The van der Waals surface area contributed by atoms with Gasteiger partial charge in [0.15, 0.2) is 0 Å². The molecule has 118 valence electrons. The Morgan fingerprint density at radius 1 is 1.30 bits per heavy atom. The Morgan fingerprint density at radius 3 is 2.83 bits per heavy atom. The van der Waals surface area contributed by atoms with Crippen molar-refractivity contribution in [1.82, 2.24) is 14.7 Å². The average Bonchev–Trinajstić information content (AvgIpc) is 2.95. The number of amides is 1. The van der Waals surface area contributed by atoms with Gasteiger partial charge in [-0.15, -0.1) is 11.3 Å². The molecule has 0 atom stereocenters. The van der Waals surface area contributed by atoms with Crippen molar-refractivity contribution in [3.63, 3.8) is 0 Å². The van der Waals surface area contributed by atoms with E-state index in [1.54, 1.807) is 35.5 Å². The van der Waals surface area contributed by atoms with Crippen LogP contribution >= 0.6 is 11.3 Å². The van der Waals surface area contributed by atoms with Crippen LogP contribution in [-0.4, -0.2) is 27.6 Å². The molecule has 0 radical (unpaired) electrons. The summed E-state index contributed by atoms with van der Waals surface area (Å²) < 4.78 is 1.22. The number of carbonyl (C=O) groups excluding carboxylic acids is 1. The molecule has 5 nitrogen and oxygen atoms in total. The maximum absolute atomic E-state index is 12.4. The summed E-state index contributed by atoms with van der Waals surface area (Å²) in [5.74, 6) is -0.136. The van der Waals surface area contributed by atoms with E-state index in [9.17, 15) is 9.59 Å². The maximum Gasteiger partial charge on any atom is 0.275 e. The molecular formula is C17H17N3O2S. The van der Waals surface area contributed by atoms with Crippen LogP contribution in [0.5, 0.6) is 0 Å². The van der Waals surface area contributed by atoms with Gasteiger partial charge >= 0.3 is 0 Å². The number of rotatable bonds is 4. The lowest BCUT2D eigenvalue weighted by Crippen LogP contribution is -2.34. The van der Waals surface area contributed by atoms with Crippen LogP contribution in [0.3, 0.4) is 0 Å². The predicted molar refractivity (Wildman–Crippen MR) is 91.5 cm³/mol. The Bertz CT molecular complexity index is 913. The Labute approximate surface area is 137 Å². The van der Waals surface area contributed by atoms with Gasteiger partial charge in [-0.25, -0.2) is 4.68 Å². The molecule has 0 aliphatic carbocycles. The van der Waals surface area contributed by atoms with Gasteiger partial charge in [0, 0.05) is 17.3 Å². The first kappa shape index (κ1) is 15.4. The van der Waals surface area contributed by atoms with Crippen molar-refractivity contribution in [2.75, 3.05) is 7.05 Å². The molecule has 0 N–H and O–H groups in total. The summed E-state index contributed by atoms with van der Waals surface area (Å²) in [7, 11) is 1.74. The van der Waals surface area contributed by atoms with Crippen molar-refractivity contribution in [3.05, 3.63) is 62.7 Å². The number of aromatic nitrogens is 2. The number of aryl methyl sites for hydroxylation is 1. The van der Waals surface area contributed by atoms with Gasteiger partial charge < -0.3 is 4.90 Å². The molecule has 0 bridgehead atoms. The molecule has 23 heavy (non-hydrogen) atoms. The van der Waals surface area contributed by atoms with E-state index in [1.165, 1.54) is 10.2 Å². The minimum absolute atomic E-state index is 0.0510. The highest BCUT2D eigenvalue weighted by atomic mass is 32.1. The number of likely N-dealkylation sites (N-methyl/N-ethyl adjacent to an activating group) is 1. The van der Waals surface area contributed by atoms with Crippen LogP contribution in [0.4, 0.5) is 0 Å². The third-order valence-electron chi connectivity index (χ3n) is 3.82. The lowest BCUT2D eigenvalue weighted by Gasteiger charge is -2.17. The number of hydrogen-bond donors (Lipinski definition) is 0. The summed E-state index contributed by atoms with van der Waals surface area (Å²) >= 11 is 1.63. The van der Waals surface area contributed by atoms with Crippen molar-refractivity contribution in [1.29, 1.82) is 0 Å². The van der Waals surface area contributed by atoms with E-state index in [0.29, 0.717) is 11.9 Å². The van der Waals surface area contributed by atoms with Crippen LogP contribution in [0.2, 0.25) is 0 Å². The largest absolute Gasteiger partial charge is 0.339 e. The van der Waals surface area contributed by atoms with Crippen LogP contribution in [0, 0.1) is 6.92 Å². The molecule has 2 aromatic heterocycles. The number of nitrogens with zero attached hydrogens (tertiary/aromatic N) is 3. The van der Waals surface area contributed by atoms with Crippen molar-refractivity contribution < 1.29 is 4.79 Å². The molecule has 0 aliphatic heterocycles. The van der Waals surface area contributed by atoms with Gasteiger partial charge in [0.05, 0.1) is 18.1 Å². The minimum atomic E-state index is -0.239. The number of carbonyl (C=O) groups is 1. The Kier molecular flexibility index (Phi) is 4.25. The van der Waals surface area contributed by atoms with Crippen LogP contribution < -0.4 is 5.56 Å². The minimum Gasteiger partial charge on any atom is -0.339 e. The molecule has 0 spiro atoms. The maximum atomic E-state index is 12.4. The molecule has 1 amide bonds. The van der Waals surface area contributed by atoms with Crippen molar-refractivity contribution in [2.24, 2.45) is 0 Å². The summed E-state index contributed by atoms with van der Waals surface area (Å²) in [6.45, 7) is 2.52. The van der Waals surface area contributed by atoms with Gasteiger partial charge in [-0.1, -0.05) is 18.2 Å². The average molecular weight is 327 g/mol. The number of thiophene rings is 1. The van der Waals surface area contributed by atoms with E-state index >= 15 is 0 Å². The van der Waals surface area contributed by atoms with Crippen molar-refractivity contribution in [3.8, 4) is 0 Å². The third-order valence-corrected chi connectivity index (χ3v) is 4.83. The Balaban J connectivity index is 1.79. The van der Waals surface area contributed by atoms with Gasteiger partial charge in [-0.05, 0) is 30.0 Å². The summed E-state index contributed by atoms with van der Waals surface area (Å²) in [6, 6.07) is 9.28. The van der Waals surface area contributed by atoms with E-state index in [2.05, 4.69) is 5.10 Å². The molecule has 0 saturated heterocycles. The quantitative estimate of drug-likeness (QED) is 0.739. The zero-order valence-corrected chi connectivity index (χ0v) is 13.8. The molecule has 0 saturated carbocycles. The zero-order chi connectivity index (χ0) is 16.4. The Hall–Kier alpha value is -2.47. The first-order valence-electron chi connectivity index (χ1n) is 7.28. The second-order valence-electron chi connectivity index (χ2n) is 5.47. The molecule has 6 heteroatoms. The summed E-state index contributed by atoms with van der Waals surface area (Å²) in [5.41, 5.74) is 0.938. The SMILES string of the molecule is Cc1ccsc1CN(C)C(=O)Cn1ncc2ccccc2c1=O. The lowest BCUT2D eigenvalue weighted by molar-refractivity contribution is -0.131. The fourth-order valence-electron chi connectivity index (χ4n) is 2.36. The van der Waals surface area contributed by atoms with Gasteiger partial charge in [-0.3, -0.25) is 9.59 Å². The molecule has 0 fully saturated rings. The number of fused-ring (bicyclic) bond motifs is 1. The normalized spacial score (nSPS) is 10.9. The highest BCUT2D eigenvalue weighted by Gasteiger charge is 2.14. The van der Waals surface area contributed by atoms with E-state index in [0.717, 1.165) is 10.3 Å². The summed E-state index contributed by atoms with van der Waals surface area (Å²) in [4.78, 5) is 27.5. The molecule has 0 unspecified atom stereocenters.